The summed E-state index contributed by atoms with van der Waals surface area (Å²) in [5.41, 5.74) is 2.07. The van der Waals surface area contributed by atoms with E-state index in [1.807, 2.05) is 25.1 Å². The highest BCUT2D eigenvalue weighted by Crippen LogP contribution is 2.39. The van der Waals surface area contributed by atoms with Crippen LogP contribution in [0.3, 0.4) is 0 Å². The summed E-state index contributed by atoms with van der Waals surface area (Å²) in [4.78, 5) is 11.7. The third-order valence-corrected chi connectivity index (χ3v) is 3.14. The van der Waals surface area contributed by atoms with Crippen LogP contribution in [0.4, 0.5) is 0 Å². The molecule has 1 aromatic rings. The van der Waals surface area contributed by atoms with Gasteiger partial charge in [-0.15, -0.1) is 0 Å². The van der Waals surface area contributed by atoms with E-state index in [-0.39, 0.29) is 16.8 Å². The smallest absolute Gasteiger partial charge is 0.310 e. The zero-order valence-electron chi connectivity index (χ0n) is 13.3. The first-order valence-electron chi connectivity index (χ1n) is 6.92. The number of hydrogen-bond donors (Lipinski definition) is 0. The van der Waals surface area contributed by atoms with Gasteiger partial charge in [-0.2, -0.15) is 0 Å². The van der Waals surface area contributed by atoms with Crippen LogP contribution >= 0.6 is 0 Å². The Balaban J connectivity index is 3.45. The van der Waals surface area contributed by atoms with Crippen molar-refractivity contribution in [3.05, 3.63) is 29.3 Å². The molecule has 0 unspecified atom stereocenters. The Morgan fingerprint density at radius 3 is 1.74 bits per heavy atom. The number of benzene rings is 1. The van der Waals surface area contributed by atoms with Crippen LogP contribution in [0, 0.1) is 0 Å². The van der Waals surface area contributed by atoms with Gasteiger partial charge < -0.3 is 4.74 Å². The van der Waals surface area contributed by atoms with E-state index in [0.717, 1.165) is 16.9 Å². The summed E-state index contributed by atoms with van der Waals surface area (Å²) < 4.78 is 5.64. The van der Waals surface area contributed by atoms with Gasteiger partial charge in [0.15, 0.2) is 0 Å². The molecular formula is C17H26O2. The molecule has 2 nitrogen and oxygen atoms in total. The summed E-state index contributed by atoms with van der Waals surface area (Å²) in [5, 5.41) is 0. The Morgan fingerprint density at radius 2 is 1.42 bits per heavy atom. The summed E-state index contributed by atoms with van der Waals surface area (Å²) in [5.74, 6) is 0.566. The van der Waals surface area contributed by atoms with E-state index >= 15 is 0 Å². The normalized spacial score (nSPS) is 12.4. The maximum absolute atomic E-state index is 11.7. The molecule has 1 aromatic carbocycles. The Bertz CT molecular complexity index is 427. The Labute approximate surface area is 117 Å². The molecule has 0 saturated carbocycles. The highest BCUT2D eigenvalue weighted by molar-refractivity contribution is 5.73. The van der Waals surface area contributed by atoms with Gasteiger partial charge in [-0.3, -0.25) is 4.79 Å². The summed E-state index contributed by atoms with van der Waals surface area (Å²) in [6, 6.07) is 6.14. The topological polar surface area (TPSA) is 26.3 Å². The second-order valence-electron chi connectivity index (χ2n) is 7.01. The second-order valence-corrected chi connectivity index (χ2v) is 7.01. The van der Waals surface area contributed by atoms with Gasteiger partial charge in [-0.25, -0.2) is 0 Å². The van der Waals surface area contributed by atoms with Crippen LogP contribution in [-0.4, -0.2) is 5.97 Å². The number of ether oxygens (including phenoxy) is 1. The average molecular weight is 262 g/mol. The first-order chi connectivity index (χ1) is 8.57. The van der Waals surface area contributed by atoms with Crippen LogP contribution < -0.4 is 4.74 Å². The van der Waals surface area contributed by atoms with E-state index in [2.05, 4.69) is 41.5 Å². The van der Waals surface area contributed by atoms with Crippen molar-refractivity contribution in [2.45, 2.75) is 65.7 Å². The fraction of sp³-hybridized carbons (Fsp3) is 0.588. The Morgan fingerprint density at radius 1 is 1.00 bits per heavy atom. The fourth-order valence-electron chi connectivity index (χ4n) is 2.01. The van der Waals surface area contributed by atoms with Gasteiger partial charge in [0, 0.05) is 17.5 Å². The third-order valence-electron chi connectivity index (χ3n) is 3.14. The minimum atomic E-state index is -0.179. The lowest BCUT2D eigenvalue weighted by Crippen LogP contribution is -2.21. The van der Waals surface area contributed by atoms with Crippen LogP contribution in [-0.2, 0) is 15.6 Å². The van der Waals surface area contributed by atoms with Crippen molar-refractivity contribution in [3.8, 4) is 5.75 Å². The van der Waals surface area contributed by atoms with Gasteiger partial charge in [0.2, 0.25) is 0 Å². The SMILES string of the molecule is CCC(=O)Oc1c(C(C)(C)C)cccc1C(C)(C)C. The number of carbonyl (C=O) groups excluding carboxylic acids is 1. The van der Waals surface area contributed by atoms with Gasteiger partial charge in [-0.1, -0.05) is 66.7 Å². The lowest BCUT2D eigenvalue weighted by Gasteiger charge is -2.28. The zero-order chi connectivity index (χ0) is 14.8. The lowest BCUT2D eigenvalue weighted by molar-refractivity contribution is -0.134. The molecular weight excluding hydrogens is 236 g/mol. The van der Waals surface area contributed by atoms with Crippen molar-refractivity contribution >= 4 is 5.97 Å². The van der Waals surface area contributed by atoms with Crippen molar-refractivity contribution in [3.63, 3.8) is 0 Å². The quantitative estimate of drug-likeness (QED) is 0.575. The van der Waals surface area contributed by atoms with Gasteiger partial charge in [-0.05, 0) is 10.8 Å². The molecule has 0 heterocycles. The van der Waals surface area contributed by atoms with Crippen LogP contribution in [0.2, 0.25) is 0 Å². The Kier molecular flexibility index (Phi) is 4.44. The minimum Gasteiger partial charge on any atom is -0.426 e. The van der Waals surface area contributed by atoms with Gasteiger partial charge in [0.1, 0.15) is 5.75 Å². The number of esters is 1. The molecule has 0 bridgehead atoms. The van der Waals surface area contributed by atoms with Crippen LogP contribution in [0.25, 0.3) is 0 Å². The molecule has 0 aliphatic carbocycles. The summed E-state index contributed by atoms with van der Waals surface area (Å²) in [6.45, 7) is 14.6. The van der Waals surface area contributed by atoms with E-state index in [0.29, 0.717) is 6.42 Å². The summed E-state index contributed by atoms with van der Waals surface area (Å²) >= 11 is 0. The average Bonchev–Trinajstić information content (AvgIpc) is 2.26. The molecule has 0 aliphatic heterocycles. The number of carbonyl (C=O) groups is 1. The first kappa shape index (κ1) is 15.7. The van der Waals surface area contributed by atoms with Crippen molar-refractivity contribution in [1.29, 1.82) is 0 Å². The number of para-hydroxylation sites is 1. The molecule has 0 atom stereocenters. The number of hydrogen-bond acceptors (Lipinski definition) is 2. The minimum absolute atomic E-state index is 0.0510. The molecule has 0 spiro atoms. The zero-order valence-corrected chi connectivity index (χ0v) is 13.3. The van der Waals surface area contributed by atoms with E-state index in [4.69, 9.17) is 4.74 Å². The molecule has 0 aromatic heterocycles. The molecule has 19 heavy (non-hydrogen) atoms. The molecule has 0 fully saturated rings. The molecule has 0 saturated heterocycles. The van der Waals surface area contributed by atoms with E-state index in [9.17, 15) is 4.79 Å². The highest BCUT2D eigenvalue weighted by atomic mass is 16.5. The van der Waals surface area contributed by atoms with Crippen LogP contribution in [0.15, 0.2) is 18.2 Å². The van der Waals surface area contributed by atoms with Crippen molar-refractivity contribution in [2.75, 3.05) is 0 Å². The predicted octanol–water partition coefficient (Wildman–Crippen LogP) is 4.60. The van der Waals surface area contributed by atoms with Crippen molar-refractivity contribution in [1.82, 2.24) is 0 Å². The molecule has 0 radical (unpaired) electrons. The third kappa shape index (κ3) is 3.82. The molecule has 1 rings (SSSR count). The van der Waals surface area contributed by atoms with Gasteiger partial charge >= 0.3 is 5.97 Å². The van der Waals surface area contributed by atoms with E-state index in [1.165, 1.54) is 0 Å². The molecule has 2 heteroatoms. The first-order valence-corrected chi connectivity index (χ1v) is 6.92. The fourth-order valence-corrected chi connectivity index (χ4v) is 2.01. The molecule has 0 N–H and O–H groups in total. The largest absolute Gasteiger partial charge is 0.426 e. The maximum atomic E-state index is 11.7. The lowest BCUT2D eigenvalue weighted by atomic mass is 9.79. The molecule has 106 valence electrons. The predicted molar refractivity (Wildman–Crippen MR) is 79.8 cm³/mol. The van der Waals surface area contributed by atoms with Crippen molar-refractivity contribution < 1.29 is 9.53 Å². The van der Waals surface area contributed by atoms with Crippen LogP contribution in [0.1, 0.15) is 66.0 Å². The summed E-state index contributed by atoms with van der Waals surface area (Å²) in [6.07, 6.45) is 0.391. The maximum Gasteiger partial charge on any atom is 0.310 e. The second kappa shape index (κ2) is 5.36. The van der Waals surface area contributed by atoms with Crippen LogP contribution in [0.5, 0.6) is 5.75 Å². The van der Waals surface area contributed by atoms with Gasteiger partial charge in [0.25, 0.3) is 0 Å². The van der Waals surface area contributed by atoms with Crippen molar-refractivity contribution in [2.24, 2.45) is 0 Å². The number of rotatable bonds is 2. The Hall–Kier alpha value is -1.31. The highest BCUT2D eigenvalue weighted by Gasteiger charge is 2.27. The van der Waals surface area contributed by atoms with Gasteiger partial charge in [0.05, 0.1) is 0 Å². The molecule has 0 amide bonds. The van der Waals surface area contributed by atoms with E-state index in [1.54, 1.807) is 0 Å². The molecule has 0 aliphatic rings. The van der Waals surface area contributed by atoms with E-state index < -0.39 is 0 Å². The summed E-state index contributed by atoms with van der Waals surface area (Å²) in [7, 11) is 0. The standard InChI is InChI=1S/C17H26O2/c1-8-14(18)19-15-12(16(2,3)4)10-9-11-13(15)17(5,6)7/h9-11H,8H2,1-7H3. The monoisotopic (exact) mass is 262 g/mol.